The van der Waals surface area contributed by atoms with Crippen molar-refractivity contribution in [2.45, 2.75) is 62.1 Å². The third-order valence-corrected chi connectivity index (χ3v) is 7.33. The highest BCUT2D eigenvalue weighted by Gasteiger charge is 2.38. The van der Waals surface area contributed by atoms with Crippen LogP contribution < -0.4 is 9.62 Å². The van der Waals surface area contributed by atoms with Crippen LogP contribution in [0.3, 0.4) is 0 Å². The molecule has 1 saturated carbocycles. The first-order valence-electron chi connectivity index (χ1n) is 10.6. The molecule has 1 aliphatic carbocycles. The molecule has 7 nitrogen and oxygen atoms in total. The van der Waals surface area contributed by atoms with Gasteiger partial charge in [-0.05, 0) is 62.9 Å². The van der Waals surface area contributed by atoms with Gasteiger partial charge >= 0.3 is 6.18 Å². The summed E-state index contributed by atoms with van der Waals surface area (Å²) in [7, 11) is -3.79. The maximum Gasteiger partial charge on any atom is 0.435 e. The number of alkyl halides is 3. The van der Waals surface area contributed by atoms with Crippen molar-refractivity contribution in [3.63, 3.8) is 0 Å². The summed E-state index contributed by atoms with van der Waals surface area (Å²) < 4.78 is 68.4. The molecule has 2 aromatic rings. The molecular weight excluding hydrogens is 445 g/mol. The number of nitrogens with zero attached hydrogens (tertiary/aromatic N) is 3. The highest BCUT2D eigenvalue weighted by Crippen LogP contribution is 2.43. The van der Waals surface area contributed by atoms with E-state index < -0.39 is 27.9 Å². The molecule has 0 bridgehead atoms. The Hall–Kier alpha value is -2.40. The van der Waals surface area contributed by atoms with E-state index in [-0.39, 0.29) is 29.7 Å². The lowest BCUT2D eigenvalue weighted by Crippen LogP contribution is -2.27. The number of nitrogens with one attached hydrogen (secondary N) is 1. The number of carbonyl (C=O) groups is 1. The Morgan fingerprint density at radius 3 is 2.47 bits per heavy atom. The van der Waals surface area contributed by atoms with Gasteiger partial charge in [0.1, 0.15) is 0 Å². The molecule has 0 spiro atoms. The molecule has 1 aromatic carbocycles. The van der Waals surface area contributed by atoms with Gasteiger partial charge in [0.15, 0.2) is 5.69 Å². The molecule has 174 valence electrons. The van der Waals surface area contributed by atoms with Gasteiger partial charge in [-0.15, -0.1) is 0 Å². The van der Waals surface area contributed by atoms with Crippen LogP contribution in [-0.2, 0) is 21.0 Å². The summed E-state index contributed by atoms with van der Waals surface area (Å²) in [6, 6.07) is 6.80. The fourth-order valence-electron chi connectivity index (χ4n) is 3.92. The minimum absolute atomic E-state index is 0.0191. The van der Waals surface area contributed by atoms with E-state index in [2.05, 4.69) is 9.82 Å². The number of anilines is 1. The number of aromatic nitrogens is 2. The summed E-state index contributed by atoms with van der Waals surface area (Å²) in [6.07, 6.45) is -1.28. The zero-order chi connectivity index (χ0) is 23.1. The first-order chi connectivity index (χ1) is 15.1. The standard InChI is InChI=1S/C21H25F3N4O3S/c1-14(28-18(15-4-5-15)13-19(26-28)21(22,23)24)10-11-25-32(30,31)17-8-6-16(7-9-17)27-12-2-3-20(27)29/h6-9,13-15,25H,2-5,10-12H2,1H3/t14-/m1/s1. The van der Waals surface area contributed by atoms with Gasteiger partial charge in [-0.25, -0.2) is 13.1 Å². The largest absolute Gasteiger partial charge is 0.435 e. The number of amides is 1. The Balaban J connectivity index is 1.38. The van der Waals surface area contributed by atoms with Crippen LogP contribution >= 0.6 is 0 Å². The van der Waals surface area contributed by atoms with Gasteiger partial charge in [0.05, 0.1) is 10.9 Å². The van der Waals surface area contributed by atoms with E-state index in [1.807, 2.05) is 0 Å². The molecule has 1 amide bonds. The van der Waals surface area contributed by atoms with Gasteiger partial charge in [0.2, 0.25) is 15.9 Å². The van der Waals surface area contributed by atoms with Crippen molar-refractivity contribution in [2.75, 3.05) is 18.0 Å². The predicted octanol–water partition coefficient (Wildman–Crippen LogP) is 3.84. The van der Waals surface area contributed by atoms with Crippen molar-refractivity contribution in [1.82, 2.24) is 14.5 Å². The summed E-state index contributed by atoms with van der Waals surface area (Å²) in [4.78, 5) is 13.5. The number of hydrogen-bond donors (Lipinski definition) is 1. The number of halogens is 3. The Bertz CT molecular complexity index is 1090. The first kappa shape index (κ1) is 22.8. The summed E-state index contributed by atoms with van der Waals surface area (Å²) in [6.45, 7) is 2.41. The summed E-state index contributed by atoms with van der Waals surface area (Å²) in [5.74, 6) is 0.101. The van der Waals surface area contributed by atoms with Gasteiger partial charge in [0.25, 0.3) is 0 Å². The highest BCUT2D eigenvalue weighted by atomic mass is 32.2. The van der Waals surface area contributed by atoms with Crippen LogP contribution in [0.2, 0.25) is 0 Å². The minimum Gasteiger partial charge on any atom is -0.312 e. The maximum absolute atomic E-state index is 13.1. The fraction of sp³-hybridized carbons (Fsp3) is 0.524. The second-order valence-electron chi connectivity index (χ2n) is 8.35. The normalized spacial score (nSPS) is 18.4. The molecule has 1 N–H and O–H groups in total. The van der Waals surface area contributed by atoms with E-state index >= 15 is 0 Å². The lowest BCUT2D eigenvalue weighted by molar-refractivity contribution is -0.141. The Morgan fingerprint density at radius 2 is 1.91 bits per heavy atom. The molecule has 2 fully saturated rings. The molecule has 0 radical (unpaired) electrons. The molecule has 1 atom stereocenters. The van der Waals surface area contributed by atoms with Crippen molar-refractivity contribution >= 4 is 21.6 Å². The molecule has 32 heavy (non-hydrogen) atoms. The number of carbonyl (C=O) groups excluding carboxylic acids is 1. The topological polar surface area (TPSA) is 84.3 Å². The van der Waals surface area contributed by atoms with Crippen molar-refractivity contribution in [2.24, 2.45) is 0 Å². The van der Waals surface area contributed by atoms with Crippen LogP contribution in [0.5, 0.6) is 0 Å². The Morgan fingerprint density at radius 1 is 1.22 bits per heavy atom. The third kappa shape index (κ3) is 4.83. The number of benzene rings is 1. The number of rotatable bonds is 8. The smallest absolute Gasteiger partial charge is 0.312 e. The van der Waals surface area contributed by atoms with Gasteiger partial charge < -0.3 is 4.90 Å². The molecular formula is C21H25F3N4O3S. The zero-order valence-electron chi connectivity index (χ0n) is 17.6. The number of sulfonamides is 1. The summed E-state index contributed by atoms with van der Waals surface area (Å²) >= 11 is 0. The van der Waals surface area contributed by atoms with E-state index in [0.717, 1.165) is 25.3 Å². The molecule has 4 rings (SSSR count). The molecule has 2 heterocycles. The summed E-state index contributed by atoms with van der Waals surface area (Å²) in [5.41, 5.74) is 0.301. The number of hydrogen-bond acceptors (Lipinski definition) is 4. The molecule has 1 aliphatic heterocycles. The zero-order valence-corrected chi connectivity index (χ0v) is 18.4. The molecule has 2 aliphatic rings. The quantitative estimate of drug-likeness (QED) is 0.636. The van der Waals surface area contributed by atoms with Crippen LogP contribution in [0, 0.1) is 0 Å². The summed E-state index contributed by atoms with van der Waals surface area (Å²) in [5, 5.41) is 3.75. The average molecular weight is 471 g/mol. The van der Waals surface area contributed by atoms with Gasteiger partial charge in [-0.1, -0.05) is 0 Å². The average Bonchev–Trinajstić information content (AvgIpc) is 3.31. The predicted molar refractivity (Wildman–Crippen MR) is 112 cm³/mol. The molecule has 1 saturated heterocycles. The maximum atomic E-state index is 13.1. The van der Waals surface area contributed by atoms with E-state index in [1.165, 1.54) is 16.8 Å². The SMILES string of the molecule is C[C@H](CCNS(=O)(=O)c1ccc(N2CCCC2=O)cc1)n1nc(C(F)(F)F)cc1C1CC1. The molecule has 11 heteroatoms. The first-order valence-corrected chi connectivity index (χ1v) is 12.1. The van der Waals surface area contributed by atoms with Crippen molar-refractivity contribution in [1.29, 1.82) is 0 Å². The van der Waals surface area contributed by atoms with Crippen LogP contribution in [0.4, 0.5) is 18.9 Å². The molecule has 1 aromatic heterocycles. The van der Waals surface area contributed by atoms with E-state index in [4.69, 9.17) is 0 Å². The van der Waals surface area contributed by atoms with Crippen molar-refractivity contribution in [3.05, 3.63) is 41.7 Å². The second kappa shape index (κ2) is 8.51. The van der Waals surface area contributed by atoms with Gasteiger partial charge in [0, 0.05) is 36.8 Å². The lowest BCUT2D eigenvalue weighted by Gasteiger charge is -2.17. The highest BCUT2D eigenvalue weighted by molar-refractivity contribution is 7.89. The van der Waals surface area contributed by atoms with Gasteiger partial charge in [-0.2, -0.15) is 18.3 Å². The van der Waals surface area contributed by atoms with Crippen molar-refractivity contribution < 1.29 is 26.4 Å². The minimum atomic E-state index is -4.51. The van der Waals surface area contributed by atoms with Crippen LogP contribution in [0.1, 0.15) is 62.4 Å². The fourth-order valence-corrected chi connectivity index (χ4v) is 4.97. The third-order valence-electron chi connectivity index (χ3n) is 5.85. The van der Waals surface area contributed by atoms with Crippen LogP contribution in [0.15, 0.2) is 35.2 Å². The molecule has 0 unspecified atom stereocenters. The second-order valence-corrected chi connectivity index (χ2v) is 10.1. The van der Waals surface area contributed by atoms with Gasteiger partial charge in [-0.3, -0.25) is 9.48 Å². The van der Waals surface area contributed by atoms with Crippen molar-refractivity contribution in [3.8, 4) is 0 Å². The van der Waals surface area contributed by atoms with E-state index in [1.54, 1.807) is 24.0 Å². The Labute approximate surface area is 184 Å². The lowest BCUT2D eigenvalue weighted by atomic mass is 10.2. The van der Waals surface area contributed by atoms with E-state index in [9.17, 15) is 26.4 Å². The van der Waals surface area contributed by atoms with Crippen LogP contribution in [0.25, 0.3) is 0 Å². The Kier molecular flexibility index (Phi) is 6.06. The van der Waals surface area contributed by atoms with E-state index in [0.29, 0.717) is 24.3 Å². The monoisotopic (exact) mass is 470 g/mol. The van der Waals surface area contributed by atoms with Crippen LogP contribution in [-0.4, -0.2) is 37.2 Å².